The molecule has 3 aromatic rings. The number of nitrogens with zero attached hydrogens (tertiary/aromatic N) is 1. The topological polar surface area (TPSA) is 81.2 Å². The van der Waals surface area contributed by atoms with Gasteiger partial charge in [-0.1, -0.05) is 0 Å². The summed E-state index contributed by atoms with van der Waals surface area (Å²) in [6.45, 7) is 1.54. The zero-order valence-electron chi connectivity index (χ0n) is 10.9. The first-order chi connectivity index (χ1) is 9.65. The number of nitrogen functional groups attached to an aromatic ring is 1. The Morgan fingerprint density at radius 2 is 2.00 bits per heavy atom. The Balaban J connectivity index is 1.96. The van der Waals surface area contributed by atoms with Crippen LogP contribution in [-0.2, 0) is 0 Å². The molecule has 100 valence electrons. The third-order valence-electron chi connectivity index (χ3n) is 3.08. The number of carbonyl (C=O) groups excluding carboxylic acids is 1. The van der Waals surface area contributed by atoms with Crippen molar-refractivity contribution in [3.05, 3.63) is 48.3 Å². The van der Waals surface area contributed by atoms with Gasteiger partial charge in [-0.3, -0.25) is 9.78 Å². The fourth-order valence-corrected chi connectivity index (χ4v) is 2.03. The van der Waals surface area contributed by atoms with Gasteiger partial charge in [0.05, 0.1) is 6.20 Å². The number of pyridine rings is 1. The number of aromatic nitrogens is 1. The summed E-state index contributed by atoms with van der Waals surface area (Å²) in [7, 11) is 0. The Morgan fingerprint density at radius 3 is 2.70 bits per heavy atom. The summed E-state index contributed by atoms with van der Waals surface area (Å²) < 4.78 is 5.43. The van der Waals surface area contributed by atoms with Crippen molar-refractivity contribution in [2.75, 3.05) is 11.1 Å². The molecule has 3 rings (SSSR count). The minimum atomic E-state index is 0.0379. The summed E-state index contributed by atoms with van der Waals surface area (Å²) in [5, 5.41) is 4.07. The van der Waals surface area contributed by atoms with Crippen LogP contribution in [0.25, 0.3) is 11.0 Å². The summed E-state index contributed by atoms with van der Waals surface area (Å²) in [5.74, 6) is 0.347. The van der Waals surface area contributed by atoms with Gasteiger partial charge in [-0.25, -0.2) is 0 Å². The molecule has 3 N–H and O–H groups in total. The van der Waals surface area contributed by atoms with Crippen LogP contribution in [0.15, 0.2) is 47.1 Å². The fourth-order valence-electron chi connectivity index (χ4n) is 2.03. The standard InChI is InChI=1S/C15H13N3O2/c1-9(19)10-2-4-11(5-3-10)18-14-12-6-7-17-8-13(12)20-15(14)16/h2-8,18H,16H2,1H3. The Labute approximate surface area is 115 Å². The minimum Gasteiger partial charge on any atom is -0.437 e. The smallest absolute Gasteiger partial charge is 0.215 e. The maximum atomic E-state index is 11.2. The number of nitrogens with one attached hydrogen (secondary N) is 1. The van der Waals surface area contributed by atoms with E-state index in [4.69, 9.17) is 10.2 Å². The summed E-state index contributed by atoms with van der Waals surface area (Å²) in [4.78, 5) is 15.2. The number of nitrogens with two attached hydrogens (primary N) is 1. The van der Waals surface area contributed by atoms with E-state index < -0.39 is 0 Å². The van der Waals surface area contributed by atoms with E-state index in [9.17, 15) is 4.79 Å². The first-order valence-corrected chi connectivity index (χ1v) is 6.15. The van der Waals surface area contributed by atoms with Crippen LogP contribution in [0.1, 0.15) is 17.3 Å². The lowest BCUT2D eigenvalue weighted by Gasteiger charge is -2.06. The predicted molar refractivity (Wildman–Crippen MR) is 78.2 cm³/mol. The molecule has 0 spiro atoms. The van der Waals surface area contributed by atoms with Gasteiger partial charge >= 0.3 is 0 Å². The second-order valence-electron chi connectivity index (χ2n) is 4.47. The van der Waals surface area contributed by atoms with Crippen molar-refractivity contribution in [2.24, 2.45) is 0 Å². The molecule has 20 heavy (non-hydrogen) atoms. The minimum absolute atomic E-state index is 0.0379. The summed E-state index contributed by atoms with van der Waals surface area (Å²) in [6.07, 6.45) is 3.30. The Kier molecular flexibility index (Phi) is 2.87. The molecule has 0 atom stereocenters. The zero-order chi connectivity index (χ0) is 14.1. The highest BCUT2D eigenvalue weighted by Crippen LogP contribution is 2.34. The van der Waals surface area contributed by atoms with Crippen LogP contribution in [0, 0.1) is 0 Å². The van der Waals surface area contributed by atoms with Crippen molar-refractivity contribution in [1.82, 2.24) is 4.98 Å². The normalized spacial score (nSPS) is 10.7. The van der Waals surface area contributed by atoms with Gasteiger partial charge < -0.3 is 15.5 Å². The Hall–Kier alpha value is -2.82. The van der Waals surface area contributed by atoms with Gasteiger partial charge in [0.1, 0.15) is 5.69 Å². The molecule has 0 saturated heterocycles. The van der Waals surface area contributed by atoms with Crippen LogP contribution in [0.5, 0.6) is 0 Å². The number of hydrogen-bond acceptors (Lipinski definition) is 5. The lowest BCUT2D eigenvalue weighted by Crippen LogP contribution is -1.95. The van der Waals surface area contributed by atoms with Crippen LogP contribution in [-0.4, -0.2) is 10.8 Å². The van der Waals surface area contributed by atoms with E-state index in [0.717, 1.165) is 11.1 Å². The number of rotatable bonds is 3. The van der Waals surface area contributed by atoms with Crippen molar-refractivity contribution in [3.63, 3.8) is 0 Å². The Bertz CT molecular complexity index is 775. The quantitative estimate of drug-likeness (QED) is 0.711. The molecule has 0 aliphatic carbocycles. The molecule has 0 aliphatic heterocycles. The maximum Gasteiger partial charge on any atom is 0.215 e. The van der Waals surface area contributed by atoms with E-state index in [1.807, 2.05) is 18.2 Å². The second-order valence-corrected chi connectivity index (χ2v) is 4.47. The van der Waals surface area contributed by atoms with E-state index in [1.165, 1.54) is 6.92 Å². The number of anilines is 3. The molecule has 0 bridgehead atoms. The number of carbonyl (C=O) groups is 1. The SMILES string of the molecule is CC(=O)c1ccc(Nc2c(N)oc3cnccc23)cc1. The molecule has 0 aliphatic rings. The van der Waals surface area contributed by atoms with Gasteiger partial charge in [0.15, 0.2) is 11.4 Å². The average molecular weight is 267 g/mol. The number of hydrogen-bond donors (Lipinski definition) is 2. The molecule has 0 radical (unpaired) electrons. The number of Topliss-reactive ketones (excluding diaryl/α,β-unsaturated/α-hetero) is 1. The van der Waals surface area contributed by atoms with Gasteiger partial charge in [0, 0.05) is 22.8 Å². The first kappa shape index (κ1) is 12.2. The van der Waals surface area contributed by atoms with E-state index in [0.29, 0.717) is 22.7 Å². The second kappa shape index (κ2) is 4.70. The molecule has 0 unspecified atom stereocenters. The largest absolute Gasteiger partial charge is 0.437 e. The summed E-state index contributed by atoms with van der Waals surface area (Å²) in [6, 6.07) is 9.03. The third-order valence-corrected chi connectivity index (χ3v) is 3.08. The molecule has 1 aromatic carbocycles. The zero-order valence-corrected chi connectivity index (χ0v) is 10.9. The van der Waals surface area contributed by atoms with Crippen LogP contribution in [0.3, 0.4) is 0 Å². The van der Waals surface area contributed by atoms with E-state index >= 15 is 0 Å². The highest BCUT2D eigenvalue weighted by Gasteiger charge is 2.11. The van der Waals surface area contributed by atoms with Crippen molar-refractivity contribution < 1.29 is 9.21 Å². The third kappa shape index (κ3) is 2.09. The number of fused-ring (bicyclic) bond motifs is 1. The molecule has 0 amide bonds. The molecule has 0 saturated carbocycles. The molecular weight excluding hydrogens is 254 g/mol. The molecule has 2 aromatic heterocycles. The highest BCUT2D eigenvalue weighted by molar-refractivity contribution is 5.98. The molecule has 0 fully saturated rings. The van der Waals surface area contributed by atoms with Crippen LogP contribution in [0.4, 0.5) is 17.3 Å². The van der Waals surface area contributed by atoms with Crippen LogP contribution in [0.2, 0.25) is 0 Å². The molecule has 2 heterocycles. The lowest BCUT2D eigenvalue weighted by molar-refractivity contribution is 0.101. The number of ketones is 1. The van der Waals surface area contributed by atoms with Crippen LogP contribution < -0.4 is 11.1 Å². The van der Waals surface area contributed by atoms with Gasteiger partial charge in [0.2, 0.25) is 5.88 Å². The molecular formula is C15H13N3O2. The lowest BCUT2D eigenvalue weighted by atomic mass is 10.1. The van der Waals surface area contributed by atoms with Crippen molar-refractivity contribution in [2.45, 2.75) is 6.92 Å². The van der Waals surface area contributed by atoms with E-state index in [-0.39, 0.29) is 5.78 Å². The van der Waals surface area contributed by atoms with Crippen molar-refractivity contribution >= 4 is 34.0 Å². The monoisotopic (exact) mass is 267 g/mol. The van der Waals surface area contributed by atoms with Crippen molar-refractivity contribution in [1.29, 1.82) is 0 Å². The summed E-state index contributed by atoms with van der Waals surface area (Å²) in [5.41, 5.74) is 8.71. The number of furan rings is 1. The predicted octanol–water partition coefficient (Wildman–Crippen LogP) is 3.36. The van der Waals surface area contributed by atoms with Gasteiger partial charge in [0.25, 0.3) is 0 Å². The van der Waals surface area contributed by atoms with E-state index in [1.54, 1.807) is 24.5 Å². The first-order valence-electron chi connectivity index (χ1n) is 6.15. The van der Waals surface area contributed by atoms with Gasteiger partial charge in [-0.15, -0.1) is 0 Å². The molecule has 5 nitrogen and oxygen atoms in total. The number of benzene rings is 1. The Morgan fingerprint density at radius 1 is 1.25 bits per heavy atom. The molecule has 5 heteroatoms. The average Bonchev–Trinajstić information content (AvgIpc) is 2.76. The van der Waals surface area contributed by atoms with Gasteiger partial charge in [-0.05, 0) is 37.3 Å². The maximum absolute atomic E-state index is 11.2. The fraction of sp³-hybridized carbons (Fsp3) is 0.0667. The van der Waals surface area contributed by atoms with Crippen LogP contribution >= 0.6 is 0 Å². The van der Waals surface area contributed by atoms with E-state index in [2.05, 4.69) is 10.3 Å². The summed E-state index contributed by atoms with van der Waals surface area (Å²) >= 11 is 0. The van der Waals surface area contributed by atoms with Gasteiger partial charge in [-0.2, -0.15) is 0 Å². The highest BCUT2D eigenvalue weighted by atomic mass is 16.3. The van der Waals surface area contributed by atoms with Crippen molar-refractivity contribution in [3.8, 4) is 0 Å².